The molecule has 0 fully saturated rings. The first kappa shape index (κ1) is 16.6. The molecule has 120 valence electrons. The van der Waals surface area contributed by atoms with Crippen molar-refractivity contribution in [2.45, 2.75) is 0 Å². The number of methoxy groups -OCH3 is 2. The van der Waals surface area contributed by atoms with Crippen LogP contribution in [0.3, 0.4) is 0 Å². The summed E-state index contributed by atoms with van der Waals surface area (Å²) in [6, 6.07) is 4.57. The monoisotopic (exact) mass is 337 g/mol. The van der Waals surface area contributed by atoms with E-state index >= 15 is 0 Å². The molecular formula is C15H12ClNO6. The van der Waals surface area contributed by atoms with Crippen LogP contribution in [0, 0.1) is 0 Å². The first-order valence-corrected chi connectivity index (χ1v) is 6.70. The second kappa shape index (κ2) is 6.97. The predicted octanol–water partition coefficient (Wildman–Crippen LogP) is 2.09. The Labute approximate surface area is 135 Å². The zero-order valence-corrected chi connectivity index (χ0v) is 13.0. The SMILES string of the molecule is COC(=O)/C=C(/Nc1coc2ccc(Cl)cc2c1=O)C(=O)OC. The fourth-order valence-corrected chi connectivity index (χ4v) is 1.94. The minimum absolute atomic E-state index is 0.0553. The maximum Gasteiger partial charge on any atom is 0.354 e. The van der Waals surface area contributed by atoms with Crippen LogP contribution in [-0.4, -0.2) is 26.2 Å². The quantitative estimate of drug-likeness (QED) is 0.674. The molecule has 0 spiro atoms. The van der Waals surface area contributed by atoms with Crippen LogP contribution in [0.4, 0.5) is 5.69 Å². The van der Waals surface area contributed by atoms with E-state index in [4.69, 9.17) is 16.0 Å². The molecule has 0 atom stereocenters. The van der Waals surface area contributed by atoms with Crippen LogP contribution in [-0.2, 0) is 19.1 Å². The largest absolute Gasteiger partial charge is 0.466 e. The average molecular weight is 338 g/mol. The third kappa shape index (κ3) is 3.70. The Bertz CT molecular complexity index is 855. The lowest BCUT2D eigenvalue weighted by atomic mass is 10.2. The van der Waals surface area contributed by atoms with E-state index in [1.54, 1.807) is 12.1 Å². The minimum Gasteiger partial charge on any atom is -0.466 e. The lowest BCUT2D eigenvalue weighted by Crippen LogP contribution is -2.19. The van der Waals surface area contributed by atoms with Crippen molar-refractivity contribution in [3.05, 3.63) is 51.5 Å². The Balaban J connectivity index is 2.48. The van der Waals surface area contributed by atoms with Gasteiger partial charge in [0.05, 0.1) is 25.7 Å². The highest BCUT2D eigenvalue weighted by atomic mass is 35.5. The Morgan fingerprint density at radius 3 is 2.65 bits per heavy atom. The topological polar surface area (TPSA) is 94.8 Å². The number of benzene rings is 1. The van der Waals surface area contributed by atoms with Gasteiger partial charge in [0, 0.05) is 5.02 Å². The molecule has 1 aromatic carbocycles. The summed E-state index contributed by atoms with van der Waals surface area (Å²) >= 11 is 5.86. The molecule has 2 aromatic rings. The van der Waals surface area contributed by atoms with Crippen molar-refractivity contribution in [1.82, 2.24) is 0 Å². The number of ether oxygens (including phenoxy) is 2. The number of hydrogen-bond acceptors (Lipinski definition) is 7. The second-order valence-electron chi connectivity index (χ2n) is 4.32. The Hall–Kier alpha value is -2.80. The van der Waals surface area contributed by atoms with Gasteiger partial charge < -0.3 is 19.2 Å². The molecule has 7 nitrogen and oxygen atoms in total. The van der Waals surface area contributed by atoms with Gasteiger partial charge in [-0.25, -0.2) is 9.59 Å². The van der Waals surface area contributed by atoms with Gasteiger partial charge in [-0.2, -0.15) is 0 Å². The van der Waals surface area contributed by atoms with Gasteiger partial charge in [0.2, 0.25) is 5.43 Å². The van der Waals surface area contributed by atoms with E-state index in [2.05, 4.69) is 14.8 Å². The fraction of sp³-hybridized carbons (Fsp3) is 0.133. The van der Waals surface area contributed by atoms with Crippen molar-refractivity contribution in [2.24, 2.45) is 0 Å². The molecule has 0 radical (unpaired) electrons. The standard InChI is InChI=1S/C15H12ClNO6/c1-21-13(18)6-10(15(20)22-2)17-11-7-23-12-4-3-8(16)5-9(12)14(11)19/h3-7,17H,1-2H3/b10-6+. The van der Waals surface area contributed by atoms with E-state index < -0.39 is 17.4 Å². The molecule has 0 saturated heterocycles. The molecule has 1 aromatic heterocycles. The van der Waals surface area contributed by atoms with Crippen LogP contribution in [0.25, 0.3) is 11.0 Å². The van der Waals surface area contributed by atoms with Crippen molar-refractivity contribution in [3.8, 4) is 0 Å². The molecular weight excluding hydrogens is 326 g/mol. The zero-order chi connectivity index (χ0) is 17.0. The second-order valence-corrected chi connectivity index (χ2v) is 4.75. The molecule has 0 saturated carbocycles. The zero-order valence-electron chi connectivity index (χ0n) is 12.2. The van der Waals surface area contributed by atoms with Gasteiger partial charge in [-0.3, -0.25) is 4.79 Å². The van der Waals surface area contributed by atoms with Crippen LogP contribution >= 0.6 is 11.6 Å². The summed E-state index contributed by atoms with van der Waals surface area (Å²) in [6.07, 6.45) is 2.00. The van der Waals surface area contributed by atoms with Crippen molar-refractivity contribution in [3.63, 3.8) is 0 Å². The summed E-state index contributed by atoms with van der Waals surface area (Å²) in [5.74, 6) is -1.63. The number of carbonyl (C=O) groups excluding carboxylic acids is 2. The van der Waals surface area contributed by atoms with Gasteiger partial charge in [-0.05, 0) is 18.2 Å². The number of carbonyl (C=O) groups is 2. The van der Waals surface area contributed by atoms with Crippen LogP contribution in [0.15, 0.2) is 45.4 Å². The molecule has 0 amide bonds. The number of hydrogen-bond donors (Lipinski definition) is 1. The number of esters is 2. The summed E-state index contributed by atoms with van der Waals surface area (Å²) in [7, 11) is 2.29. The van der Waals surface area contributed by atoms with Crippen LogP contribution in [0.1, 0.15) is 0 Å². The normalized spacial score (nSPS) is 11.2. The number of rotatable bonds is 4. The lowest BCUT2D eigenvalue weighted by molar-refractivity contribution is -0.138. The van der Waals surface area contributed by atoms with Crippen LogP contribution in [0.2, 0.25) is 5.02 Å². The molecule has 1 heterocycles. The molecule has 1 N–H and O–H groups in total. The Morgan fingerprint density at radius 2 is 2.00 bits per heavy atom. The highest BCUT2D eigenvalue weighted by Crippen LogP contribution is 2.19. The summed E-state index contributed by atoms with van der Waals surface area (Å²) in [5, 5.41) is 3.10. The van der Waals surface area contributed by atoms with Crippen molar-refractivity contribution in [1.29, 1.82) is 0 Å². The molecule has 23 heavy (non-hydrogen) atoms. The third-order valence-corrected chi connectivity index (χ3v) is 3.11. The van der Waals surface area contributed by atoms with E-state index in [1.807, 2.05) is 0 Å². The van der Waals surface area contributed by atoms with E-state index in [0.717, 1.165) is 26.6 Å². The van der Waals surface area contributed by atoms with E-state index in [0.29, 0.717) is 10.6 Å². The fourth-order valence-electron chi connectivity index (χ4n) is 1.77. The highest BCUT2D eigenvalue weighted by Gasteiger charge is 2.16. The first-order chi connectivity index (χ1) is 11.0. The smallest absolute Gasteiger partial charge is 0.354 e. The number of nitrogens with one attached hydrogen (secondary N) is 1. The number of anilines is 1. The third-order valence-electron chi connectivity index (χ3n) is 2.87. The van der Waals surface area contributed by atoms with E-state index in [9.17, 15) is 14.4 Å². The lowest BCUT2D eigenvalue weighted by Gasteiger charge is -2.08. The summed E-state index contributed by atoms with van der Waals surface area (Å²) in [6.45, 7) is 0. The molecule has 0 aliphatic carbocycles. The van der Waals surface area contributed by atoms with Gasteiger partial charge >= 0.3 is 11.9 Å². The summed E-state index contributed by atoms with van der Waals surface area (Å²) in [5.41, 5.74) is -0.441. The summed E-state index contributed by atoms with van der Waals surface area (Å²) < 4.78 is 14.3. The van der Waals surface area contributed by atoms with Gasteiger partial charge in [0.1, 0.15) is 23.2 Å². The maximum absolute atomic E-state index is 12.4. The maximum atomic E-state index is 12.4. The Kier molecular flexibility index (Phi) is 5.02. The van der Waals surface area contributed by atoms with E-state index in [1.165, 1.54) is 6.07 Å². The average Bonchev–Trinajstić information content (AvgIpc) is 2.56. The first-order valence-electron chi connectivity index (χ1n) is 6.32. The molecule has 0 aliphatic rings. The van der Waals surface area contributed by atoms with Crippen LogP contribution < -0.4 is 10.7 Å². The minimum atomic E-state index is -0.846. The molecule has 8 heteroatoms. The summed E-state index contributed by atoms with van der Waals surface area (Å²) in [4.78, 5) is 35.4. The van der Waals surface area contributed by atoms with Crippen molar-refractivity contribution in [2.75, 3.05) is 19.5 Å². The van der Waals surface area contributed by atoms with Crippen LogP contribution in [0.5, 0.6) is 0 Å². The van der Waals surface area contributed by atoms with E-state index in [-0.39, 0.29) is 16.8 Å². The van der Waals surface area contributed by atoms with Gasteiger partial charge in [-0.15, -0.1) is 0 Å². The Morgan fingerprint density at radius 1 is 1.26 bits per heavy atom. The van der Waals surface area contributed by atoms with Crippen molar-refractivity contribution < 1.29 is 23.5 Å². The van der Waals surface area contributed by atoms with Crippen molar-refractivity contribution >= 4 is 40.2 Å². The van der Waals surface area contributed by atoms with Gasteiger partial charge in [-0.1, -0.05) is 11.6 Å². The highest BCUT2D eigenvalue weighted by molar-refractivity contribution is 6.31. The van der Waals surface area contributed by atoms with Gasteiger partial charge in [0.15, 0.2) is 0 Å². The molecule has 0 aliphatic heterocycles. The molecule has 0 bridgehead atoms. The number of halogens is 1. The van der Waals surface area contributed by atoms with Gasteiger partial charge in [0.25, 0.3) is 0 Å². The number of fused-ring (bicyclic) bond motifs is 1. The molecule has 0 unspecified atom stereocenters. The predicted molar refractivity (Wildman–Crippen MR) is 83.2 cm³/mol. The molecule has 2 rings (SSSR count).